The van der Waals surface area contributed by atoms with Gasteiger partial charge in [0, 0.05) is 38.3 Å². The maximum Gasteiger partial charge on any atom is 0.151 e. The number of likely N-dealkylation sites (N-methyl/N-ethyl adjacent to an activating group) is 1. The summed E-state index contributed by atoms with van der Waals surface area (Å²) in [5.41, 5.74) is 1.26. The molecule has 1 fully saturated rings. The van der Waals surface area contributed by atoms with Crippen LogP contribution in [0.15, 0.2) is 6.33 Å². The zero-order valence-corrected chi connectivity index (χ0v) is 13.7. The first kappa shape index (κ1) is 15.8. The molecule has 0 amide bonds. The van der Waals surface area contributed by atoms with Crippen LogP contribution < -0.4 is 5.32 Å². The number of imidazole rings is 1. The molecule has 0 spiro atoms. The first-order valence-electron chi connectivity index (χ1n) is 7.26. The van der Waals surface area contributed by atoms with E-state index < -0.39 is 0 Å². The van der Waals surface area contributed by atoms with Gasteiger partial charge in [-0.1, -0.05) is 11.6 Å². The van der Waals surface area contributed by atoms with Gasteiger partial charge in [0.25, 0.3) is 0 Å². The molecule has 1 unspecified atom stereocenters. The molecule has 0 aromatic carbocycles. The minimum Gasteiger partial charge on any atom is -0.346 e. The predicted octanol–water partition coefficient (Wildman–Crippen LogP) is 1.74. The molecule has 1 aromatic heterocycles. The van der Waals surface area contributed by atoms with Gasteiger partial charge in [0.05, 0.1) is 18.1 Å². The van der Waals surface area contributed by atoms with Crippen molar-refractivity contribution >= 4 is 11.6 Å². The first-order chi connectivity index (χ1) is 9.43. The number of hydrogen-bond donors (Lipinski definition) is 2. The molecule has 0 saturated carbocycles. The summed E-state index contributed by atoms with van der Waals surface area (Å²) in [7, 11) is 1.97. The summed E-state index contributed by atoms with van der Waals surface area (Å²) in [5, 5.41) is 3.85. The van der Waals surface area contributed by atoms with E-state index in [0.29, 0.717) is 5.15 Å². The molecule has 1 aliphatic rings. The molecular formula is C14H26ClN5. The molecule has 20 heavy (non-hydrogen) atoms. The molecule has 1 atom stereocenters. The normalized spacial score (nSPS) is 20.2. The van der Waals surface area contributed by atoms with Crippen LogP contribution in [0.3, 0.4) is 0 Å². The summed E-state index contributed by atoms with van der Waals surface area (Å²) in [4.78, 5) is 12.3. The lowest BCUT2D eigenvalue weighted by atomic mass is 10.0. The summed E-state index contributed by atoms with van der Waals surface area (Å²) in [5.74, 6) is 0. The van der Waals surface area contributed by atoms with Crippen LogP contribution in [0.4, 0.5) is 0 Å². The molecule has 6 heteroatoms. The van der Waals surface area contributed by atoms with Gasteiger partial charge in [-0.05, 0) is 27.8 Å². The van der Waals surface area contributed by atoms with Gasteiger partial charge in [0.2, 0.25) is 0 Å². The van der Waals surface area contributed by atoms with E-state index >= 15 is 0 Å². The number of nitrogens with one attached hydrogen (secondary N) is 2. The maximum atomic E-state index is 6.18. The molecule has 1 aliphatic heterocycles. The molecule has 0 radical (unpaired) electrons. The Hall–Kier alpha value is -0.620. The van der Waals surface area contributed by atoms with E-state index in [4.69, 9.17) is 11.6 Å². The summed E-state index contributed by atoms with van der Waals surface area (Å²) in [6, 6.07) is 0.261. The van der Waals surface area contributed by atoms with Crippen molar-refractivity contribution in [1.29, 1.82) is 0 Å². The molecule has 1 aromatic rings. The summed E-state index contributed by atoms with van der Waals surface area (Å²) >= 11 is 6.18. The Morgan fingerprint density at radius 1 is 1.35 bits per heavy atom. The molecule has 2 N–H and O–H groups in total. The second-order valence-corrected chi connectivity index (χ2v) is 6.73. The molecule has 114 valence electrons. The highest BCUT2D eigenvalue weighted by Gasteiger charge is 2.30. The average molecular weight is 300 g/mol. The largest absolute Gasteiger partial charge is 0.346 e. The third-order valence-electron chi connectivity index (χ3n) is 4.05. The zero-order chi connectivity index (χ0) is 14.8. The van der Waals surface area contributed by atoms with Gasteiger partial charge in [0.15, 0.2) is 5.15 Å². The van der Waals surface area contributed by atoms with Gasteiger partial charge in [-0.25, -0.2) is 4.98 Å². The van der Waals surface area contributed by atoms with E-state index in [-0.39, 0.29) is 11.6 Å². The minimum atomic E-state index is 0.246. The Labute approximate surface area is 126 Å². The highest BCUT2D eigenvalue weighted by Crippen LogP contribution is 2.26. The monoisotopic (exact) mass is 299 g/mol. The van der Waals surface area contributed by atoms with E-state index in [1.165, 1.54) is 0 Å². The number of aromatic nitrogens is 2. The second-order valence-electron chi connectivity index (χ2n) is 6.37. The lowest BCUT2D eigenvalue weighted by Crippen LogP contribution is -2.54. The van der Waals surface area contributed by atoms with Crippen LogP contribution in [-0.4, -0.2) is 65.1 Å². The van der Waals surface area contributed by atoms with E-state index in [9.17, 15) is 0 Å². The van der Waals surface area contributed by atoms with Crippen molar-refractivity contribution in [1.82, 2.24) is 25.1 Å². The van der Waals surface area contributed by atoms with E-state index in [1.54, 1.807) is 6.33 Å². The fraction of sp³-hybridized carbons (Fsp3) is 0.786. The molecule has 0 bridgehead atoms. The van der Waals surface area contributed by atoms with E-state index in [2.05, 4.69) is 45.9 Å². The molecule has 0 aliphatic carbocycles. The standard InChI is InChI=1S/C14H26ClN5/c1-14(2,3)20-7-5-19(6-8-20)11(9-16-4)12-13(15)18-10-17-12/h10-11,16H,5-9H2,1-4H3,(H,17,18). The van der Waals surface area contributed by atoms with Gasteiger partial charge >= 0.3 is 0 Å². The maximum absolute atomic E-state index is 6.18. The Morgan fingerprint density at radius 3 is 2.45 bits per heavy atom. The van der Waals surface area contributed by atoms with Crippen LogP contribution in [0.25, 0.3) is 0 Å². The average Bonchev–Trinajstić information content (AvgIpc) is 2.81. The fourth-order valence-corrected chi connectivity index (χ4v) is 3.06. The summed E-state index contributed by atoms with van der Waals surface area (Å²) < 4.78 is 0. The molecule has 2 heterocycles. The number of H-pyrrole nitrogens is 1. The molecule has 5 nitrogen and oxygen atoms in total. The van der Waals surface area contributed by atoms with Gasteiger partial charge < -0.3 is 10.3 Å². The highest BCUT2D eigenvalue weighted by molar-refractivity contribution is 6.30. The minimum absolute atomic E-state index is 0.246. The van der Waals surface area contributed by atoms with Crippen molar-refractivity contribution in [3.05, 3.63) is 17.2 Å². The molecular weight excluding hydrogens is 274 g/mol. The van der Waals surface area contributed by atoms with Crippen LogP contribution in [0.1, 0.15) is 32.5 Å². The van der Waals surface area contributed by atoms with Crippen molar-refractivity contribution in [2.24, 2.45) is 0 Å². The van der Waals surface area contributed by atoms with Gasteiger partial charge in [0.1, 0.15) is 0 Å². The Bertz CT molecular complexity index is 417. The number of hydrogen-bond acceptors (Lipinski definition) is 4. The smallest absolute Gasteiger partial charge is 0.151 e. The van der Waals surface area contributed by atoms with Gasteiger partial charge in [-0.2, -0.15) is 0 Å². The fourth-order valence-electron chi connectivity index (χ4n) is 2.83. The summed E-state index contributed by atoms with van der Waals surface area (Å²) in [6.07, 6.45) is 1.67. The van der Waals surface area contributed by atoms with Gasteiger partial charge in [-0.3, -0.25) is 9.80 Å². The lowest BCUT2D eigenvalue weighted by molar-refractivity contribution is 0.0411. The van der Waals surface area contributed by atoms with E-state index in [1.807, 2.05) is 7.05 Å². The van der Waals surface area contributed by atoms with E-state index in [0.717, 1.165) is 38.4 Å². The van der Waals surface area contributed by atoms with Gasteiger partial charge in [-0.15, -0.1) is 0 Å². The number of rotatable bonds is 4. The Balaban J connectivity index is 2.04. The highest BCUT2D eigenvalue weighted by atomic mass is 35.5. The van der Waals surface area contributed by atoms with Crippen molar-refractivity contribution < 1.29 is 0 Å². The van der Waals surface area contributed by atoms with Crippen LogP contribution in [0.2, 0.25) is 5.15 Å². The van der Waals surface area contributed by atoms with Crippen molar-refractivity contribution in [2.45, 2.75) is 32.4 Å². The first-order valence-corrected chi connectivity index (χ1v) is 7.63. The SMILES string of the molecule is CNCC(c1[nH]cnc1Cl)N1CCN(C(C)(C)C)CC1. The number of piperazine rings is 1. The Kier molecular flexibility index (Phi) is 5.07. The quantitative estimate of drug-likeness (QED) is 0.889. The van der Waals surface area contributed by atoms with Crippen LogP contribution in [0, 0.1) is 0 Å². The molecule has 1 saturated heterocycles. The van der Waals surface area contributed by atoms with Crippen LogP contribution in [0.5, 0.6) is 0 Å². The van der Waals surface area contributed by atoms with Crippen LogP contribution in [-0.2, 0) is 0 Å². The third-order valence-corrected chi connectivity index (χ3v) is 4.36. The van der Waals surface area contributed by atoms with Crippen molar-refractivity contribution in [3.63, 3.8) is 0 Å². The predicted molar refractivity (Wildman–Crippen MR) is 83.2 cm³/mol. The zero-order valence-electron chi connectivity index (χ0n) is 12.9. The van der Waals surface area contributed by atoms with Crippen molar-refractivity contribution in [3.8, 4) is 0 Å². The number of aromatic amines is 1. The molecule has 2 rings (SSSR count). The second kappa shape index (κ2) is 6.43. The number of halogens is 1. The van der Waals surface area contributed by atoms with Crippen LogP contribution >= 0.6 is 11.6 Å². The number of nitrogens with zero attached hydrogens (tertiary/aromatic N) is 3. The lowest BCUT2D eigenvalue weighted by Gasteiger charge is -2.44. The summed E-state index contributed by atoms with van der Waals surface area (Å²) in [6.45, 7) is 12.0. The van der Waals surface area contributed by atoms with Crippen molar-refractivity contribution in [2.75, 3.05) is 39.8 Å². The third kappa shape index (κ3) is 3.52. The topological polar surface area (TPSA) is 47.2 Å². The Morgan fingerprint density at radius 2 is 2.00 bits per heavy atom.